The maximum absolute atomic E-state index is 12.9. The molecular formula is C24H18ClNO7. The second kappa shape index (κ2) is 8.91. The second-order valence-electron chi connectivity index (χ2n) is 7.20. The maximum atomic E-state index is 12.9. The summed E-state index contributed by atoms with van der Waals surface area (Å²) >= 11 is 6.14. The minimum absolute atomic E-state index is 0.000777. The standard InChI is InChI=1S/C24H18ClNO7/c1-3-31-24(30)20-9-7-16(33-20)12-32-23(29)14-5-8-17-18(10-14)22(28)26(21(17)27)15-6-4-13(2)19(25)11-15/h4-11H,3,12H2,1-2H3. The van der Waals surface area contributed by atoms with Crippen molar-refractivity contribution >= 4 is 41.0 Å². The lowest BCUT2D eigenvalue weighted by atomic mass is 10.1. The number of halogens is 1. The van der Waals surface area contributed by atoms with Crippen molar-refractivity contribution in [3.63, 3.8) is 0 Å². The Hall–Kier alpha value is -3.91. The summed E-state index contributed by atoms with van der Waals surface area (Å²) in [6.45, 7) is 3.47. The zero-order valence-electron chi connectivity index (χ0n) is 17.7. The van der Waals surface area contributed by atoms with Gasteiger partial charge in [0, 0.05) is 5.02 Å². The number of esters is 2. The van der Waals surface area contributed by atoms with Gasteiger partial charge in [0.05, 0.1) is 29.0 Å². The average molecular weight is 468 g/mol. The number of amides is 2. The number of rotatable bonds is 6. The van der Waals surface area contributed by atoms with Gasteiger partial charge in [-0.1, -0.05) is 17.7 Å². The largest absolute Gasteiger partial charge is 0.460 e. The molecule has 0 spiro atoms. The molecule has 0 saturated heterocycles. The van der Waals surface area contributed by atoms with E-state index in [9.17, 15) is 19.2 Å². The molecule has 4 rings (SSSR count). The molecule has 33 heavy (non-hydrogen) atoms. The van der Waals surface area contributed by atoms with E-state index in [-0.39, 0.29) is 41.4 Å². The van der Waals surface area contributed by atoms with Crippen molar-refractivity contribution < 1.29 is 33.1 Å². The number of hydrogen-bond acceptors (Lipinski definition) is 7. The molecule has 8 nitrogen and oxygen atoms in total. The normalized spacial score (nSPS) is 12.6. The van der Waals surface area contributed by atoms with Gasteiger partial charge in [0.15, 0.2) is 0 Å². The van der Waals surface area contributed by atoms with E-state index in [1.165, 1.54) is 30.3 Å². The monoisotopic (exact) mass is 467 g/mol. The highest BCUT2D eigenvalue weighted by Gasteiger charge is 2.37. The van der Waals surface area contributed by atoms with Crippen LogP contribution in [0.1, 0.15) is 59.9 Å². The molecule has 0 atom stereocenters. The first kappa shape index (κ1) is 22.3. The van der Waals surface area contributed by atoms with E-state index in [1.807, 2.05) is 6.92 Å². The summed E-state index contributed by atoms with van der Waals surface area (Å²) in [5.74, 6) is -2.14. The van der Waals surface area contributed by atoms with Crippen LogP contribution in [0.15, 0.2) is 52.9 Å². The number of furan rings is 1. The van der Waals surface area contributed by atoms with Crippen LogP contribution in [0.5, 0.6) is 0 Å². The van der Waals surface area contributed by atoms with Crippen LogP contribution < -0.4 is 4.90 Å². The van der Waals surface area contributed by atoms with Gasteiger partial charge in [-0.2, -0.15) is 0 Å². The molecule has 0 bridgehead atoms. The minimum atomic E-state index is -0.719. The summed E-state index contributed by atoms with van der Waals surface area (Å²) in [5, 5.41) is 0.428. The summed E-state index contributed by atoms with van der Waals surface area (Å²) in [5.41, 5.74) is 1.52. The number of imide groups is 1. The topological polar surface area (TPSA) is 103 Å². The maximum Gasteiger partial charge on any atom is 0.374 e. The Morgan fingerprint density at radius 2 is 1.70 bits per heavy atom. The summed E-state index contributed by atoms with van der Waals surface area (Å²) in [7, 11) is 0. The lowest BCUT2D eigenvalue weighted by molar-refractivity contribution is 0.0429. The van der Waals surface area contributed by atoms with Crippen LogP contribution in [0, 0.1) is 6.92 Å². The molecule has 0 saturated carbocycles. The molecule has 0 N–H and O–H groups in total. The molecule has 1 aliphatic heterocycles. The van der Waals surface area contributed by atoms with E-state index >= 15 is 0 Å². The van der Waals surface area contributed by atoms with Crippen LogP contribution in [0.3, 0.4) is 0 Å². The van der Waals surface area contributed by atoms with Crippen LogP contribution in [0.2, 0.25) is 5.02 Å². The number of ether oxygens (including phenoxy) is 2. The summed E-state index contributed by atoms with van der Waals surface area (Å²) < 4.78 is 15.4. The summed E-state index contributed by atoms with van der Waals surface area (Å²) in [6.07, 6.45) is 0. The number of benzene rings is 2. The summed E-state index contributed by atoms with van der Waals surface area (Å²) in [4.78, 5) is 50.9. The van der Waals surface area contributed by atoms with E-state index in [0.717, 1.165) is 10.5 Å². The smallest absolute Gasteiger partial charge is 0.374 e. The van der Waals surface area contributed by atoms with E-state index in [4.69, 9.17) is 25.5 Å². The molecular weight excluding hydrogens is 450 g/mol. The van der Waals surface area contributed by atoms with Crippen LogP contribution in [-0.2, 0) is 16.1 Å². The Bertz CT molecular complexity index is 1290. The Morgan fingerprint density at radius 3 is 2.42 bits per heavy atom. The number of fused-ring (bicyclic) bond motifs is 1. The van der Waals surface area contributed by atoms with Crippen LogP contribution in [-0.4, -0.2) is 30.4 Å². The van der Waals surface area contributed by atoms with Crippen molar-refractivity contribution in [1.82, 2.24) is 0 Å². The predicted molar refractivity (Wildman–Crippen MR) is 118 cm³/mol. The van der Waals surface area contributed by atoms with Crippen molar-refractivity contribution in [1.29, 1.82) is 0 Å². The first-order valence-electron chi connectivity index (χ1n) is 10.0. The fourth-order valence-corrected chi connectivity index (χ4v) is 3.49. The quantitative estimate of drug-likeness (QED) is 0.386. The molecule has 3 aromatic rings. The molecule has 1 aromatic heterocycles. The van der Waals surface area contributed by atoms with Crippen molar-refractivity contribution in [3.05, 3.63) is 87.3 Å². The third kappa shape index (κ3) is 4.25. The zero-order chi connectivity index (χ0) is 23.7. The van der Waals surface area contributed by atoms with Crippen molar-refractivity contribution in [2.45, 2.75) is 20.5 Å². The molecule has 2 amide bonds. The highest BCUT2D eigenvalue weighted by molar-refractivity contribution is 6.36. The van der Waals surface area contributed by atoms with E-state index in [0.29, 0.717) is 10.7 Å². The van der Waals surface area contributed by atoms with Gasteiger partial charge in [-0.25, -0.2) is 14.5 Å². The Labute approximate surface area is 193 Å². The number of aryl methyl sites for hydroxylation is 1. The van der Waals surface area contributed by atoms with Gasteiger partial charge in [-0.15, -0.1) is 0 Å². The fraction of sp³-hybridized carbons (Fsp3) is 0.167. The number of carbonyl (C=O) groups excluding carboxylic acids is 4. The van der Waals surface area contributed by atoms with Gasteiger partial charge in [0.1, 0.15) is 12.4 Å². The van der Waals surface area contributed by atoms with E-state index in [1.54, 1.807) is 25.1 Å². The number of anilines is 1. The number of carbonyl (C=O) groups is 4. The Morgan fingerprint density at radius 1 is 0.939 bits per heavy atom. The van der Waals surface area contributed by atoms with Crippen LogP contribution in [0.25, 0.3) is 0 Å². The number of hydrogen-bond donors (Lipinski definition) is 0. The first-order chi connectivity index (χ1) is 15.8. The summed E-state index contributed by atoms with van der Waals surface area (Å²) in [6, 6.07) is 11.9. The molecule has 0 aliphatic carbocycles. The van der Waals surface area contributed by atoms with Crippen molar-refractivity contribution in [2.24, 2.45) is 0 Å². The SMILES string of the molecule is CCOC(=O)c1ccc(COC(=O)c2ccc3c(c2)C(=O)N(c2ccc(C)c(Cl)c2)C3=O)o1. The minimum Gasteiger partial charge on any atom is -0.460 e. The molecule has 9 heteroatoms. The molecule has 2 heterocycles. The average Bonchev–Trinajstić information content (AvgIpc) is 3.37. The lowest BCUT2D eigenvalue weighted by Gasteiger charge is -2.14. The highest BCUT2D eigenvalue weighted by Crippen LogP contribution is 2.31. The highest BCUT2D eigenvalue weighted by atomic mass is 35.5. The molecule has 168 valence electrons. The second-order valence-corrected chi connectivity index (χ2v) is 7.61. The van der Waals surface area contributed by atoms with Gasteiger partial charge >= 0.3 is 11.9 Å². The van der Waals surface area contributed by atoms with Gasteiger partial charge in [0.2, 0.25) is 5.76 Å². The van der Waals surface area contributed by atoms with Gasteiger partial charge in [-0.3, -0.25) is 9.59 Å². The van der Waals surface area contributed by atoms with Gasteiger partial charge in [0.25, 0.3) is 11.8 Å². The fourth-order valence-electron chi connectivity index (χ4n) is 3.31. The Kier molecular flexibility index (Phi) is 6.02. The van der Waals surface area contributed by atoms with Gasteiger partial charge in [-0.05, 0) is 61.9 Å². The lowest BCUT2D eigenvalue weighted by Crippen LogP contribution is -2.29. The van der Waals surface area contributed by atoms with E-state index < -0.39 is 23.8 Å². The molecule has 0 fully saturated rings. The third-order valence-electron chi connectivity index (χ3n) is 5.02. The van der Waals surface area contributed by atoms with Crippen molar-refractivity contribution in [2.75, 3.05) is 11.5 Å². The Balaban J connectivity index is 1.49. The molecule has 1 aliphatic rings. The molecule has 2 aromatic carbocycles. The first-order valence-corrected chi connectivity index (χ1v) is 10.4. The molecule has 0 radical (unpaired) electrons. The van der Waals surface area contributed by atoms with Crippen LogP contribution >= 0.6 is 11.6 Å². The van der Waals surface area contributed by atoms with Crippen LogP contribution in [0.4, 0.5) is 5.69 Å². The number of nitrogens with zero attached hydrogens (tertiary/aromatic N) is 1. The van der Waals surface area contributed by atoms with Gasteiger partial charge < -0.3 is 13.9 Å². The molecule has 0 unspecified atom stereocenters. The zero-order valence-corrected chi connectivity index (χ0v) is 18.5. The predicted octanol–water partition coefficient (Wildman–Crippen LogP) is 4.58. The van der Waals surface area contributed by atoms with E-state index in [2.05, 4.69) is 0 Å². The third-order valence-corrected chi connectivity index (χ3v) is 5.43. The van der Waals surface area contributed by atoms with Crippen molar-refractivity contribution in [3.8, 4) is 0 Å².